The Kier molecular flexibility index (Phi) is 3.17. The summed E-state index contributed by atoms with van der Waals surface area (Å²) in [5, 5.41) is -0.587. The summed E-state index contributed by atoms with van der Waals surface area (Å²) in [6.07, 6.45) is 0. The number of ether oxygens (including phenoxy) is 1. The summed E-state index contributed by atoms with van der Waals surface area (Å²) in [6.45, 7) is 0. The number of hydrogen-bond acceptors (Lipinski definition) is 2. The fourth-order valence-electron chi connectivity index (χ4n) is 0.871. The Morgan fingerprint density at radius 3 is 2.50 bits per heavy atom. The van der Waals surface area contributed by atoms with Crippen molar-refractivity contribution >= 4 is 18.6 Å². The van der Waals surface area contributed by atoms with Crippen LogP contribution in [0.25, 0.3) is 0 Å². The molecule has 0 aromatic heterocycles. The fourth-order valence-corrected chi connectivity index (χ4v) is 1.12. The summed E-state index contributed by atoms with van der Waals surface area (Å²) >= 11 is 4.95. The highest BCUT2D eigenvalue weighted by Gasteiger charge is 2.16. The molecule has 1 atom stereocenters. The first-order valence-corrected chi connectivity index (χ1v) is 4.01. The van der Waals surface area contributed by atoms with E-state index in [-0.39, 0.29) is 5.97 Å². The zero-order valence-corrected chi connectivity index (χ0v) is 7.51. The van der Waals surface area contributed by atoms with Crippen molar-refractivity contribution in [3.63, 3.8) is 0 Å². The predicted octanol–water partition coefficient (Wildman–Crippen LogP) is 2.10. The van der Waals surface area contributed by atoms with Crippen LogP contribution in [0.5, 0.6) is 0 Å². The Morgan fingerprint density at radius 1 is 1.42 bits per heavy atom. The zero-order valence-electron chi connectivity index (χ0n) is 6.69. The molecule has 1 aromatic rings. The van der Waals surface area contributed by atoms with Gasteiger partial charge >= 0.3 is 5.97 Å². The number of esters is 1. The topological polar surface area (TPSA) is 26.3 Å². The summed E-state index contributed by atoms with van der Waals surface area (Å²) in [4.78, 5) is 11.0. The second-order valence-corrected chi connectivity index (χ2v) is 2.79. The minimum atomic E-state index is -0.587. The maximum absolute atomic E-state index is 11.0. The van der Waals surface area contributed by atoms with Crippen molar-refractivity contribution in [2.75, 3.05) is 7.11 Å². The van der Waals surface area contributed by atoms with Gasteiger partial charge < -0.3 is 4.74 Å². The molecule has 0 bridgehead atoms. The molecule has 0 aliphatic carbocycles. The van der Waals surface area contributed by atoms with Crippen LogP contribution in [0.15, 0.2) is 30.3 Å². The number of methoxy groups -OCH3 is 1. The molecule has 1 aromatic carbocycles. The Morgan fingerprint density at radius 2 is 2.00 bits per heavy atom. The maximum atomic E-state index is 11.0. The molecule has 3 heteroatoms. The van der Waals surface area contributed by atoms with Crippen molar-refractivity contribution in [3.05, 3.63) is 35.9 Å². The third-order valence-corrected chi connectivity index (χ3v) is 1.98. The van der Waals surface area contributed by atoms with Crippen LogP contribution in [0.4, 0.5) is 0 Å². The molecule has 1 rings (SSSR count). The summed E-state index contributed by atoms with van der Waals surface area (Å²) in [5.41, 5.74) is 0.805. The number of benzene rings is 1. The molecule has 0 heterocycles. The fraction of sp³-hybridized carbons (Fsp3) is 0.222. The third-order valence-electron chi connectivity index (χ3n) is 1.52. The van der Waals surface area contributed by atoms with Crippen LogP contribution in [0.3, 0.4) is 0 Å². The van der Waals surface area contributed by atoms with Crippen LogP contribution in [-0.4, -0.2) is 13.1 Å². The average molecular weight is 181 g/mol. The van der Waals surface area contributed by atoms with Crippen LogP contribution in [-0.2, 0) is 9.53 Å². The lowest BCUT2D eigenvalue weighted by molar-refractivity contribution is -0.140. The van der Waals surface area contributed by atoms with E-state index >= 15 is 0 Å². The Hall–Kier alpha value is -0.960. The smallest absolute Gasteiger partial charge is 0.324 e. The van der Waals surface area contributed by atoms with E-state index in [0.717, 1.165) is 5.56 Å². The molecule has 1 unspecified atom stereocenters. The Balaban J connectivity index is 2.78. The monoisotopic (exact) mass is 181 g/mol. The molecular weight excluding hydrogens is 172 g/mol. The van der Waals surface area contributed by atoms with E-state index in [1.165, 1.54) is 7.11 Å². The predicted molar refractivity (Wildman–Crippen MR) is 48.8 cm³/mol. The van der Waals surface area contributed by atoms with Gasteiger partial charge in [-0.05, 0) is 5.56 Å². The van der Waals surface area contributed by atoms with E-state index in [1.54, 1.807) is 0 Å². The molecule has 0 aliphatic heterocycles. The van der Waals surface area contributed by atoms with Crippen molar-refractivity contribution in [2.24, 2.45) is 0 Å². The highest BCUT2D eigenvalue weighted by molar-refractivity contribution is 7.81. The van der Waals surface area contributed by atoms with Crippen molar-refractivity contribution in [1.82, 2.24) is 0 Å². The molecule has 0 amide bonds. The lowest BCUT2D eigenvalue weighted by Crippen LogP contribution is -2.08. The summed E-state index contributed by atoms with van der Waals surface area (Å²) in [7, 11) is 1.34. The quantitative estimate of drug-likeness (QED) is 0.653. The van der Waals surface area contributed by atoms with Gasteiger partial charge in [0.2, 0.25) is 0 Å². The van der Waals surface area contributed by atoms with Gasteiger partial charge in [-0.15, -0.1) is 0 Å². The van der Waals surface area contributed by atoms with Gasteiger partial charge in [-0.25, -0.2) is 0 Å². The third kappa shape index (κ3) is 2.01. The first kappa shape index (κ1) is 9.13. The summed E-state index contributed by atoms with van der Waals surface area (Å²) in [6, 6.07) is 9.20. The van der Waals surface area contributed by atoms with Gasteiger partial charge in [0.15, 0.2) is 0 Å². The van der Waals surface area contributed by atoms with Gasteiger partial charge in [-0.1, -0.05) is 43.0 Å². The van der Waals surface area contributed by atoms with Gasteiger partial charge in [0.1, 0.15) is 5.25 Å². The molecule has 0 spiro atoms. The minimum absolute atomic E-state index is 0.379. The molecule has 63 valence electrons. The zero-order chi connectivity index (χ0) is 8.97. The van der Waals surface area contributed by atoms with E-state index in [0.29, 0.717) is 0 Å². The molecule has 0 aliphatic rings. The molecular formula is C9H9O2S. The minimum Gasteiger partial charge on any atom is -0.468 e. The van der Waals surface area contributed by atoms with Crippen molar-refractivity contribution in [1.29, 1.82) is 0 Å². The number of rotatable bonds is 2. The Labute approximate surface area is 77.0 Å². The molecule has 0 fully saturated rings. The standard InChI is InChI=1S/C9H9O2S/c1-11-9(10)8(12)7-5-3-2-4-6-7/h2-6,8H,1H3. The van der Waals surface area contributed by atoms with Crippen LogP contribution in [0.2, 0.25) is 0 Å². The normalized spacial score (nSPS) is 12.2. The molecule has 1 radical (unpaired) electrons. The lowest BCUT2D eigenvalue weighted by atomic mass is 10.1. The second kappa shape index (κ2) is 4.16. The first-order chi connectivity index (χ1) is 5.75. The summed E-state index contributed by atoms with van der Waals surface area (Å²) in [5.74, 6) is -0.379. The van der Waals surface area contributed by atoms with Gasteiger partial charge in [-0.3, -0.25) is 4.79 Å². The van der Waals surface area contributed by atoms with Crippen LogP contribution in [0, 0.1) is 0 Å². The summed E-state index contributed by atoms with van der Waals surface area (Å²) < 4.78 is 4.52. The largest absolute Gasteiger partial charge is 0.468 e. The van der Waals surface area contributed by atoms with Gasteiger partial charge in [0, 0.05) is 0 Å². The van der Waals surface area contributed by atoms with Crippen LogP contribution < -0.4 is 0 Å². The SMILES string of the molecule is COC(=O)C([S])c1ccccc1. The number of carbonyl (C=O) groups excluding carboxylic acids is 1. The molecule has 2 nitrogen and oxygen atoms in total. The second-order valence-electron chi connectivity index (χ2n) is 2.31. The van der Waals surface area contributed by atoms with E-state index in [4.69, 9.17) is 12.6 Å². The molecule has 0 saturated heterocycles. The highest BCUT2D eigenvalue weighted by Crippen LogP contribution is 2.20. The number of hydrogen-bond donors (Lipinski definition) is 0. The first-order valence-electron chi connectivity index (χ1n) is 3.54. The van der Waals surface area contributed by atoms with E-state index in [1.807, 2.05) is 30.3 Å². The van der Waals surface area contributed by atoms with Gasteiger partial charge in [0.05, 0.1) is 7.11 Å². The van der Waals surface area contributed by atoms with Crippen molar-refractivity contribution < 1.29 is 9.53 Å². The Bertz CT molecular complexity index is 258. The van der Waals surface area contributed by atoms with Gasteiger partial charge in [-0.2, -0.15) is 0 Å². The van der Waals surface area contributed by atoms with E-state index in [2.05, 4.69) is 4.74 Å². The van der Waals surface area contributed by atoms with Crippen LogP contribution in [0.1, 0.15) is 10.8 Å². The average Bonchev–Trinajstić information content (AvgIpc) is 2.17. The van der Waals surface area contributed by atoms with E-state index in [9.17, 15) is 4.79 Å². The molecule has 0 N–H and O–H groups in total. The molecule has 0 saturated carbocycles. The van der Waals surface area contributed by atoms with Gasteiger partial charge in [0.25, 0.3) is 0 Å². The van der Waals surface area contributed by atoms with Crippen molar-refractivity contribution in [3.8, 4) is 0 Å². The number of carbonyl (C=O) groups is 1. The lowest BCUT2D eigenvalue weighted by Gasteiger charge is -2.06. The van der Waals surface area contributed by atoms with Crippen molar-refractivity contribution in [2.45, 2.75) is 5.25 Å². The maximum Gasteiger partial charge on any atom is 0.324 e. The van der Waals surface area contributed by atoms with Crippen LogP contribution >= 0.6 is 12.6 Å². The highest BCUT2D eigenvalue weighted by atomic mass is 32.1. The molecule has 12 heavy (non-hydrogen) atoms. The van der Waals surface area contributed by atoms with E-state index < -0.39 is 5.25 Å².